The van der Waals surface area contributed by atoms with Crippen molar-refractivity contribution in [2.75, 3.05) is 0 Å². The van der Waals surface area contributed by atoms with E-state index >= 15 is 0 Å². The minimum absolute atomic E-state index is 0.211. The number of allylic oxidation sites excluding steroid dienone is 1. The zero-order valence-electron chi connectivity index (χ0n) is 12.4. The molecule has 1 aliphatic heterocycles. The summed E-state index contributed by atoms with van der Waals surface area (Å²) < 4.78 is 83.6. The van der Waals surface area contributed by atoms with Gasteiger partial charge < -0.3 is 4.74 Å². The third-order valence-corrected chi connectivity index (χ3v) is 3.23. The van der Waals surface area contributed by atoms with Gasteiger partial charge in [0.15, 0.2) is 0 Å². The van der Waals surface area contributed by atoms with Crippen LogP contribution in [0.5, 0.6) is 0 Å². The van der Waals surface area contributed by atoms with Gasteiger partial charge in [0, 0.05) is 0 Å². The first kappa shape index (κ1) is 17.4. The van der Waals surface area contributed by atoms with Crippen LogP contribution in [0.4, 0.5) is 32.0 Å². The number of aliphatic imine (C=N–C) groups is 1. The van der Waals surface area contributed by atoms with Gasteiger partial charge in [0.05, 0.1) is 28.0 Å². The maximum absolute atomic E-state index is 13.1. The van der Waals surface area contributed by atoms with Crippen LogP contribution in [0.25, 0.3) is 0 Å². The van der Waals surface area contributed by atoms with Crippen molar-refractivity contribution in [2.24, 2.45) is 10.4 Å². The van der Waals surface area contributed by atoms with Gasteiger partial charge in [0.2, 0.25) is 5.90 Å². The first-order valence-corrected chi connectivity index (χ1v) is 6.56. The molecule has 1 aromatic rings. The number of hydrogen-bond acceptors (Lipinski definition) is 2. The Morgan fingerprint density at radius 2 is 1.43 bits per heavy atom. The summed E-state index contributed by atoms with van der Waals surface area (Å²) in [5, 5.41) is 0. The number of alkyl halides is 6. The topological polar surface area (TPSA) is 21.6 Å². The number of ether oxygens (including phenoxy) is 1. The van der Waals surface area contributed by atoms with Crippen LogP contribution < -0.4 is 0 Å². The van der Waals surface area contributed by atoms with Crippen LogP contribution >= 0.6 is 0 Å². The molecule has 0 spiro atoms. The second-order valence-electron chi connectivity index (χ2n) is 5.69. The summed E-state index contributed by atoms with van der Waals surface area (Å²) in [6, 6.07) is 1.84. The summed E-state index contributed by atoms with van der Waals surface area (Å²) in [4.78, 5) is 3.60. The zero-order chi connectivity index (χ0) is 17.6. The van der Waals surface area contributed by atoms with Crippen molar-refractivity contribution in [3.63, 3.8) is 0 Å². The summed E-state index contributed by atoms with van der Waals surface area (Å²) in [6.45, 7) is 4.72. The van der Waals surface area contributed by atoms with Crippen LogP contribution in [0.3, 0.4) is 0 Å². The van der Waals surface area contributed by atoms with Crippen LogP contribution in [0, 0.1) is 5.41 Å². The van der Waals surface area contributed by atoms with E-state index in [-0.39, 0.29) is 5.90 Å². The molecule has 0 saturated carbocycles. The third-order valence-electron chi connectivity index (χ3n) is 3.23. The Morgan fingerprint density at radius 3 is 1.78 bits per heavy atom. The normalized spacial score (nSPS) is 19.7. The summed E-state index contributed by atoms with van der Waals surface area (Å²) in [7, 11) is 0. The summed E-state index contributed by atoms with van der Waals surface area (Å²) in [5.41, 5.74) is -4.99. The van der Waals surface area contributed by atoms with Gasteiger partial charge in [-0.25, -0.2) is 4.99 Å². The monoisotopic (exact) mass is 337 g/mol. The van der Waals surface area contributed by atoms with E-state index in [2.05, 4.69) is 4.99 Å². The second-order valence-corrected chi connectivity index (χ2v) is 5.69. The molecule has 0 aromatic heterocycles. The lowest BCUT2D eigenvalue weighted by Crippen LogP contribution is -2.19. The maximum Gasteiger partial charge on any atom is 0.418 e. The molecule has 1 heterocycles. The van der Waals surface area contributed by atoms with Crippen molar-refractivity contribution in [1.29, 1.82) is 0 Å². The van der Waals surface area contributed by atoms with Gasteiger partial charge in [0.1, 0.15) is 0 Å². The van der Waals surface area contributed by atoms with Crippen molar-refractivity contribution in [2.45, 2.75) is 33.1 Å². The quantitative estimate of drug-likeness (QED) is 0.601. The first-order chi connectivity index (χ1) is 10.3. The molecule has 0 aliphatic carbocycles. The van der Waals surface area contributed by atoms with Gasteiger partial charge in [-0.3, -0.25) is 0 Å². The molecule has 0 fully saturated rings. The fourth-order valence-corrected chi connectivity index (χ4v) is 2.27. The van der Waals surface area contributed by atoms with E-state index in [0.717, 1.165) is 0 Å². The standard InChI is InChI=1S/C15H13F6NO/c1-8-7-13(2,3)12(23-8)22-11-9(14(16,17)18)5-4-6-10(11)15(19,20)21/h4-7H,1-3H3. The van der Waals surface area contributed by atoms with Crippen molar-refractivity contribution < 1.29 is 31.1 Å². The molecule has 0 saturated heterocycles. The lowest BCUT2D eigenvalue weighted by Gasteiger charge is -2.19. The van der Waals surface area contributed by atoms with Crippen molar-refractivity contribution in [1.82, 2.24) is 0 Å². The molecule has 23 heavy (non-hydrogen) atoms. The van der Waals surface area contributed by atoms with E-state index < -0.39 is 34.6 Å². The molecule has 0 unspecified atom stereocenters. The van der Waals surface area contributed by atoms with E-state index in [1.165, 1.54) is 0 Å². The fraction of sp³-hybridized carbons (Fsp3) is 0.400. The minimum atomic E-state index is -4.97. The molecular formula is C15H13F6NO. The van der Waals surface area contributed by atoms with Crippen LogP contribution in [0.15, 0.2) is 35.0 Å². The van der Waals surface area contributed by atoms with E-state index in [4.69, 9.17) is 4.74 Å². The lowest BCUT2D eigenvalue weighted by molar-refractivity contribution is -0.141. The average Bonchev–Trinajstić information content (AvgIpc) is 2.59. The van der Waals surface area contributed by atoms with Gasteiger partial charge in [-0.2, -0.15) is 26.3 Å². The van der Waals surface area contributed by atoms with Gasteiger partial charge in [-0.15, -0.1) is 0 Å². The number of rotatable bonds is 1. The van der Waals surface area contributed by atoms with Crippen molar-refractivity contribution in [3.05, 3.63) is 41.2 Å². The molecule has 8 heteroatoms. The average molecular weight is 337 g/mol. The summed E-state index contributed by atoms with van der Waals surface area (Å²) >= 11 is 0. The fourth-order valence-electron chi connectivity index (χ4n) is 2.27. The third kappa shape index (κ3) is 3.51. The molecule has 0 N–H and O–H groups in total. The van der Waals surface area contributed by atoms with Gasteiger partial charge in [-0.05, 0) is 39.0 Å². The highest BCUT2D eigenvalue weighted by Gasteiger charge is 2.42. The van der Waals surface area contributed by atoms with Gasteiger partial charge >= 0.3 is 12.4 Å². The highest BCUT2D eigenvalue weighted by molar-refractivity contribution is 5.90. The largest absolute Gasteiger partial charge is 0.447 e. The second kappa shape index (κ2) is 5.28. The Hall–Kier alpha value is -1.99. The Kier molecular flexibility index (Phi) is 3.99. The zero-order valence-corrected chi connectivity index (χ0v) is 12.4. The van der Waals surface area contributed by atoms with E-state index in [1.807, 2.05) is 0 Å². The van der Waals surface area contributed by atoms with Gasteiger partial charge in [-0.1, -0.05) is 6.07 Å². The lowest BCUT2D eigenvalue weighted by atomic mass is 9.94. The number of hydrogen-bond donors (Lipinski definition) is 0. The molecule has 0 radical (unpaired) electrons. The molecule has 0 amide bonds. The molecule has 1 aromatic carbocycles. The predicted molar refractivity (Wildman–Crippen MR) is 72.2 cm³/mol. The smallest absolute Gasteiger partial charge is 0.418 e. The molecular weight excluding hydrogens is 324 g/mol. The molecule has 2 rings (SSSR count). The molecule has 0 atom stereocenters. The molecule has 1 aliphatic rings. The molecule has 2 nitrogen and oxygen atoms in total. The highest BCUT2D eigenvalue weighted by Crippen LogP contribution is 2.45. The van der Waals surface area contributed by atoms with Crippen LogP contribution in [0.1, 0.15) is 31.9 Å². The van der Waals surface area contributed by atoms with E-state index in [9.17, 15) is 26.3 Å². The Bertz CT molecular complexity index is 650. The first-order valence-electron chi connectivity index (χ1n) is 6.56. The van der Waals surface area contributed by atoms with Crippen LogP contribution in [-0.4, -0.2) is 5.90 Å². The van der Waals surface area contributed by atoms with Crippen molar-refractivity contribution in [3.8, 4) is 0 Å². The van der Waals surface area contributed by atoms with Crippen molar-refractivity contribution >= 4 is 11.6 Å². The predicted octanol–water partition coefficient (Wildman–Crippen LogP) is 5.71. The number of nitrogens with zero attached hydrogens (tertiary/aromatic N) is 1. The minimum Gasteiger partial charge on any atom is -0.447 e. The summed E-state index contributed by atoms with van der Waals surface area (Å²) in [6.07, 6.45) is -8.35. The van der Waals surface area contributed by atoms with Crippen LogP contribution in [-0.2, 0) is 17.1 Å². The Labute approximate surface area is 128 Å². The maximum atomic E-state index is 13.1. The van der Waals surface area contributed by atoms with Crippen LogP contribution in [0.2, 0.25) is 0 Å². The SMILES string of the molecule is CC1=CC(C)(C)C(=Nc2c(C(F)(F)F)cccc2C(F)(F)F)O1. The van der Waals surface area contributed by atoms with E-state index in [0.29, 0.717) is 24.0 Å². The number of halogens is 6. The number of para-hydroxylation sites is 1. The molecule has 126 valence electrons. The Morgan fingerprint density at radius 1 is 0.957 bits per heavy atom. The highest BCUT2D eigenvalue weighted by atomic mass is 19.4. The molecule has 0 bridgehead atoms. The summed E-state index contributed by atoms with van der Waals surface area (Å²) in [5.74, 6) is 0.156. The number of benzene rings is 1. The van der Waals surface area contributed by atoms with E-state index in [1.54, 1.807) is 26.8 Å². The van der Waals surface area contributed by atoms with Gasteiger partial charge in [0.25, 0.3) is 0 Å². The Balaban J connectivity index is 2.70.